The van der Waals surface area contributed by atoms with Crippen LogP contribution in [0.15, 0.2) is 43.1 Å². The quantitative estimate of drug-likeness (QED) is 0.940. The number of nitrogens with zero attached hydrogens (tertiary/aromatic N) is 3. The maximum Gasteiger partial charge on any atom is 0.255 e. The number of rotatable bonds is 4. The minimum atomic E-state index is 0.00533. The lowest BCUT2D eigenvalue weighted by atomic mass is 9.98. The average Bonchev–Trinajstić information content (AvgIpc) is 2.53. The van der Waals surface area contributed by atoms with Gasteiger partial charge in [-0.1, -0.05) is 18.7 Å². The van der Waals surface area contributed by atoms with Gasteiger partial charge in [-0.15, -0.1) is 0 Å². The van der Waals surface area contributed by atoms with Gasteiger partial charge in [0.15, 0.2) is 0 Å². The van der Waals surface area contributed by atoms with E-state index in [2.05, 4.69) is 11.6 Å². The summed E-state index contributed by atoms with van der Waals surface area (Å²) in [6, 6.07) is 9.85. The van der Waals surface area contributed by atoms with Crippen LogP contribution in [0, 0.1) is 0 Å². The standard InChI is InChI=1S/C19H22N4O/c1-13(14-5-7-16(8-6-14)22(2)3)17-11-15(12-21-18(17)20)19(24)23-9-4-10-23/h5-8,11-12H,1,4,9-10H2,2-3H3,(H2,20,21). The molecule has 0 radical (unpaired) electrons. The molecule has 5 nitrogen and oxygen atoms in total. The Balaban J connectivity index is 1.89. The van der Waals surface area contributed by atoms with Crippen molar-refractivity contribution >= 4 is 23.0 Å². The summed E-state index contributed by atoms with van der Waals surface area (Å²) in [5.74, 6) is 0.391. The zero-order valence-electron chi connectivity index (χ0n) is 14.1. The second kappa shape index (κ2) is 6.35. The number of nitrogen functional groups attached to an aromatic ring is 1. The number of carbonyl (C=O) groups excluding carboxylic acids is 1. The van der Waals surface area contributed by atoms with Crippen molar-refractivity contribution < 1.29 is 4.79 Å². The highest BCUT2D eigenvalue weighted by atomic mass is 16.2. The van der Waals surface area contributed by atoms with Crippen molar-refractivity contribution in [2.45, 2.75) is 6.42 Å². The van der Waals surface area contributed by atoms with Crippen molar-refractivity contribution in [1.82, 2.24) is 9.88 Å². The second-order valence-electron chi connectivity index (χ2n) is 6.22. The average molecular weight is 322 g/mol. The van der Waals surface area contributed by atoms with Gasteiger partial charge < -0.3 is 15.5 Å². The molecule has 1 saturated heterocycles. The third-order valence-electron chi connectivity index (χ3n) is 4.37. The Morgan fingerprint density at radius 1 is 1.21 bits per heavy atom. The first kappa shape index (κ1) is 16.1. The number of aromatic nitrogens is 1. The summed E-state index contributed by atoms with van der Waals surface area (Å²) < 4.78 is 0. The number of anilines is 2. The van der Waals surface area contributed by atoms with E-state index in [1.54, 1.807) is 12.3 Å². The maximum absolute atomic E-state index is 12.4. The first-order valence-corrected chi connectivity index (χ1v) is 7.99. The summed E-state index contributed by atoms with van der Waals surface area (Å²) in [4.78, 5) is 20.4. The molecule has 0 saturated carbocycles. The number of amides is 1. The topological polar surface area (TPSA) is 62.5 Å². The highest BCUT2D eigenvalue weighted by molar-refractivity contribution is 5.96. The maximum atomic E-state index is 12.4. The second-order valence-corrected chi connectivity index (χ2v) is 6.22. The van der Waals surface area contributed by atoms with Crippen molar-refractivity contribution in [3.05, 3.63) is 59.8 Å². The lowest BCUT2D eigenvalue weighted by Crippen LogP contribution is -2.42. The lowest BCUT2D eigenvalue weighted by Gasteiger charge is -2.31. The summed E-state index contributed by atoms with van der Waals surface area (Å²) in [5, 5.41) is 0. The highest BCUT2D eigenvalue weighted by Crippen LogP contribution is 2.28. The van der Waals surface area contributed by atoms with E-state index in [0.717, 1.165) is 36.3 Å². The van der Waals surface area contributed by atoms with E-state index in [1.165, 1.54) is 0 Å². The van der Waals surface area contributed by atoms with Crippen LogP contribution in [0.3, 0.4) is 0 Å². The first-order valence-electron chi connectivity index (χ1n) is 7.99. The van der Waals surface area contributed by atoms with Gasteiger partial charge >= 0.3 is 0 Å². The van der Waals surface area contributed by atoms with Crippen molar-refractivity contribution in [3.63, 3.8) is 0 Å². The monoisotopic (exact) mass is 322 g/mol. The Hall–Kier alpha value is -2.82. The van der Waals surface area contributed by atoms with Crippen LogP contribution < -0.4 is 10.6 Å². The number of carbonyl (C=O) groups is 1. The molecule has 1 aliphatic heterocycles. The molecule has 5 heteroatoms. The molecule has 2 heterocycles. The van der Waals surface area contributed by atoms with Gasteiger partial charge in [0, 0.05) is 44.6 Å². The lowest BCUT2D eigenvalue weighted by molar-refractivity contribution is 0.0651. The van der Waals surface area contributed by atoms with Crippen LogP contribution in [-0.2, 0) is 0 Å². The van der Waals surface area contributed by atoms with E-state index in [1.807, 2.05) is 48.2 Å². The largest absolute Gasteiger partial charge is 0.383 e. The molecule has 24 heavy (non-hydrogen) atoms. The Kier molecular flexibility index (Phi) is 4.25. The number of likely N-dealkylation sites (tertiary alicyclic amines) is 1. The SMILES string of the molecule is C=C(c1ccc(N(C)C)cc1)c1cc(C(=O)N2CCC2)cnc1N. The van der Waals surface area contributed by atoms with Crippen molar-refractivity contribution in [2.24, 2.45) is 0 Å². The number of benzene rings is 1. The summed E-state index contributed by atoms with van der Waals surface area (Å²) in [7, 11) is 3.99. The van der Waals surface area contributed by atoms with Gasteiger partial charge in [0.1, 0.15) is 5.82 Å². The van der Waals surface area contributed by atoms with Gasteiger partial charge in [0.2, 0.25) is 0 Å². The van der Waals surface area contributed by atoms with Gasteiger partial charge in [-0.2, -0.15) is 0 Å². The zero-order chi connectivity index (χ0) is 17.3. The summed E-state index contributed by atoms with van der Waals surface area (Å²) in [5.41, 5.74) is 10.1. The van der Waals surface area contributed by atoms with Gasteiger partial charge in [-0.25, -0.2) is 4.98 Å². The molecule has 1 aromatic heterocycles. The predicted octanol–water partition coefficient (Wildman–Crippen LogP) is 2.64. The molecule has 3 rings (SSSR count). The van der Waals surface area contributed by atoms with Gasteiger partial charge in [-0.05, 0) is 35.8 Å². The van der Waals surface area contributed by atoms with Crippen molar-refractivity contribution in [3.8, 4) is 0 Å². The van der Waals surface area contributed by atoms with Crippen LogP contribution in [0.1, 0.15) is 27.9 Å². The summed E-state index contributed by atoms with van der Waals surface area (Å²) in [6.07, 6.45) is 2.60. The third kappa shape index (κ3) is 2.97. The molecular weight excluding hydrogens is 300 g/mol. The van der Waals surface area contributed by atoms with E-state index in [-0.39, 0.29) is 5.91 Å². The number of nitrogens with two attached hydrogens (primary N) is 1. The minimum Gasteiger partial charge on any atom is -0.383 e. The molecule has 2 N–H and O–H groups in total. The summed E-state index contributed by atoms with van der Waals surface area (Å²) >= 11 is 0. The molecule has 0 aliphatic carbocycles. The Labute approximate surface area is 142 Å². The smallest absolute Gasteiger partial charge is 0.255 e. The highest BCUT2D eigenvalue weighted by Gasteiger charge is 2.23. The first-order chi connectivity index (χ1) is 11.5. The molecule has 0 bridgehead atoms. The van der Waals surface area contributed by atoms with Crippen molar-refractivity contribution in [2.75, 3.05) is 37.8 Å². The predicted molar refractivity (Wildman–Crippen MR) is 98.1 cm³/mol. The third-order valence-corrected chi connectivity index (χ3v) is 4.37. The number of hydrogen-bond donors (Lipinski definition) is 1. The van der Waals surface area contributed by atoms with Crippen LogP contribution in [0.4, 0.5) is 11.5 Å². The summed E-state index contributed by atoms with van der Waals surface area (Å²) in [6.45, 7) is 5.77. The molecule has 1 aliphatic rings. The normalized spacial score (nSPS) is 13.3. The fourth-order valence-electron chi connectivity index (χ4n) is 2.65. The van der Waals surface area contributed by atoms with Crippen LogP contribution in [0.25, 0.3) is 5.57 Å². The van der Waals surface area contributed by atoms with E-state index in [4.69, 9.17) is 5.73 Å². The van der Waals surface area contributed by atoms with Crippen LogP contribution in [-0.4, -0.2) is 43.0 Å². The number of pyridine rings is 1. The van der Waals surface area contributed by atoms with Crippen molar-refractivity contribution in [1.29, 1.82) is 0 Å². The van der Waals surface area contributed by atoms with Crippen LogP contribution >= 0.6 is 0 Å². The Morgan fingerprint density at radius 2 is 1.88 bits per heavy atom. The molecule has 1 fully saturated rings. The zero-order valence-corrected chi connectivity index (χ0v) is 14.1. The van der Waals surface area contributed by atoms with E-state index >= 15 is 0 Å². The van der Waals surface area contributed by atoms with Crippen LogP contribution in [0.5, 0.6) is 0 Å². The molecule has 1 amide bonds. The van der Waals surface area contributed by atoms with Gasteiger partial charge in [-0.3, -0.25) is 4.79 Å². The molecule has 0 unspecified atom stereocenters. The fraction of sp³-hybridized carbons (Fsp3) is 0.263. The molecule has 2 aromatic rings. The molecular formula is C19H22N4O. The fourth-order valence-corrected chi connectivity index (χ4v) is 2.65. The van der Waals surface area contributed by atoms with Crippen LogP contribution in [0.2, 0.25) is 0 Å². The Bertz CT molecular complexity index is 776. The van der Waals surface area contributed by atoms with E-state index < -0.39 is 0 Å². The molecule has 124 valence electrons. The van der Waals surface area contributed by atoms with Gasteiger partial charge in [0.05, 0.1) is 5.56 Å². The van der Waals surface area contributed by atoms with E-state index in [0.29, 0.717) is 16.9 Å². The number of hydrogen-bond acceptors (Lipinski definition) is 4. The minimum absolute atomic E-state index is 0.00533. The van der Waals surface area contributed by atoms with E-state index in [9.17, 15) is 4.79 Å². The molecule has 0 spiro atoms. The molecule has 1 aromatic carbocycles. The Morgan fingerprint density at radius 3 is 2.42 bits per heavy atom. The van der Waals surface area contributed by atoms with Gasteiger partial charge in [0.25, 0.3) is 5.91 Å². The molecule has 0 atom stereocenters.